The van der Waals surface area contributed by atoms with Crippen LogP contribution in [0, 0.1) is 0 Å². The van der Waals surface area contributed by atoms with Crippen LogP contribution in [0.2, 0.25) is 0 Å². The second kappa shape index (κ2) is 10.2. The molecular weight excluding hydrogens is 500 g/mol. The number of methoxy groups -OCH3 is 1. The lowest BCUT2D eigenvalue weighted by molar-refractivity contribution is 0.169. The Balaban J connectivity index is 1.17. The van der Waals surface area contributed by atoms with Gasteiger partial charge in [-0.1, -0.05) is 18.6 Å². The zero-order valence-electron chi connectivity index (χ0n) is 21.9. The number of nitrogens with zero attached hydrogens (tertiary/aromatic N) is 3. The molecule has 8 nitrogen and oxygen atoms in total. The number of rotatable bonds is 7. The van der Waals surface area contributed by atoms with Gasteiger partial charge in [0.05, 0.1) is 23.6 Å². The number of fused-ring (bicyclic) bond motifs is 2. The molecule has 0 radical (unpaired) electrons. The molecule has 38 heavy (non-hydrogen) atoms. The highest BCUT2D eigenvalue weighted by Crippen LogP contribution is 2.32. The van der Waals surface area contributed by atoms with Gasteiger partial charge in [-0.2, -0.15) is 4.31 Å². The van der Waals surface area contributed by atoms with Crippen molar-refractivity contribution in [2.75, 3.05) is 38.6 Å². The van der Waals surface area contributed by atoms with Crippen LogP contribution in [0.5, 0.6) is 5.75 Å². The Hall–Kier alpha value is -3.14. The Labute approximate surface area is 223 Å². The molecule has 6 rings (SSSR count). The predicted molar refractivity (Wildman–Crippen MR) is 149 cm³/mol. The maximum atomic E-state index is 13.5. The Bertz CT molecular complexity index is 1560. The molecule has 0 aliphatic carbocycles. The number of furan rings is 1. The van der Waals surface area contributed by atoms with E-state index in [4.69, 9.17) is 14.1 Å². The Morgan fingerprint density at radius 3 is 2.68 bits per heavy atom. The first kappa shape index (κ1) is 25.2. The molecule has 9 heteroatoms. The van der Waals surface area contributed by atoms with Gasteiger partial charge in [-0.3, -0.25) is 4.90 Å². The first-order chi connectivity index (χ1) is 18.4. The zero-order valence-corrected chi connectivity index (χ0v) is 22.7. The number of likely N-dealkylation sites (tertiary alicyclic amines) is 1. The first-order valence-electron chi connectivity index (χ1n) is 13.4. The van der Waals surface area contributed by atoms with Crippen molar-refractivity contribution in [2.45, 2.75) is 49.6 Å². The largest absolute Gasteiger partial charge is 0.493 e. The summed E-state index contributed by atoms with van der Waals surface area (Å²) in [5.41, 5.74) is 1.46. The van der Waals surface area contributed by atoms with Gasteiger partial charge in [0.2, 0.25) is 10.0 Å². The van der Waals surface area contributed by atoms with Gasteiger partial charge in [0.15, 0.2) is 11.3 Å². The molecule has 2 aromatic heterocycles. The van der Waals surface area contributed by atoms with Crippen LogP contribution < -0.4 is 10.1 Å². The van der Waals surface area contributed by atoms with E-state index in [1.165, 1.54) is 19.3 Å². The third kappa shape index (κ3) is 4.74. The molecular formula is C29H34N4O4S. The second-order valence-corrected chi connectivity index (χ2v) is 12.3. The number of piperidine rings is 1. The maximum absolute atomic E-state index is 13.5. The summed E-state index contributed by atoms with van der Waals surface area (Å²) in [7, 11) is -1.91. The van der Waals surface area contributed by atoms with Gasteiger partial charge in [0.25, 0.3) is 0 Å². The summed E-state index contributed by atoms with van der Waals surface area (Å²) in [5, 5.41) is 5.17. The summed E-state index contributed by atoms with van der Waals surface area (Å²) < 4.78 is 40.0. The molecule has 4 heterocycles. The van der Waals surface area contributed by atoms with E-state index >= 15 is 0 Å². The molecule has 2 atom stereocenters. The fourth-order valence-electron chi connectivity index (χ4n) is 5.73. The number of hydrogen-bond acceptors (Lipinski definition) is 7. The third-order valence-corrected chi connectivity index (χ3v) is 9.73. The van der Waals surface area contributed by atoms with Crippen LogP contribution >= 0.6 is 0 Å². The number of anilines is 1. The highest BCUT2D eigenvalue weighted by atomic mass is 32.2. The summed E-state index contributed by atoms with van der Waals surface area (Å²) in [6.07, 6.45) is 4.61. The third-order valence-electron chi connectivity index (χ3n) is 7.87. The standard InChI is InChI=1S/C29H34N4O4S/c1-20(27-18-22-7-6-8-26(36-2)29(22)37-27)30-28-12-9-21-17-24(10-11-25(21)31-28)38(34,35)33-16-13-23(19-33)32-14-4-3-5-15-32/h6-12,17-18,20,23H,3-5,13-16,19H2,1-2H3,(H,30,31). The molecule has 0 saturated carbocycles. The van der Waals surface area contributed by atoms with Gasteiger partial charge >= 0.3 is 0 Å². The number of pyridine rings is 1. The van der Waals surface area contributed by atoms with Gasteiger partial charge in [-0.05, 0) is 81.7 Å². The van der Waals surface area contributed by atoms with Gasteiger partial charge in [-0.25, -0.2) is 13.4 Å². The topological polar surface area (TPSA) is 87.9 Å². The predicted octanol–water partition coefficient (Wildman–Crippen LogP) is 5.41. The van der Waals surface area contributed by atoms with Crippen LogP contribution in [-0.4, -0.2) is 61.9 Å². The monoisotopic (exact) mass is 534 g/mol. The Kier molecular flexibility index (Phi) is 6.75. The van der Waals surface area contributed by atoms with E-state index in [1.807, 2.05) is 43.3 Å². The van der Waals surface area contributed by atoms with Crippen LogP contribution in [-0.2, 0) is 10.0 Å². The van der Waals surface area contributed by atoms with Crippen molar-refractivity contribution in [1.82, 2.24) is 14.2 Å². The molecule has 200 valence electrons. The average Bonchev–Trinajstić information content (AvgIpc) is 3.62. The first-order valence-corrected chi connectivity index (χ1v) is 14.8. The van der Waals surface area contributed by atoms with Crippen LogP contribution in [0.3, 0.4) is 0 Å². The van der Waals surface area contributed by atoms with Crippen molar-refractivity contribution in [3.63, 3.8) is 0 Å². The quantitative estimate of drug-likeness (QED) is 0.339. The van der Waals surface area contributed by atoms with Gasteiger partial charge < -0.3 is 14.5 Å². The van der Waals surface area contributed by atoms with E-state index in [0.29, 0.717) is 35.6 Å². The number of sulfonamides is 1. The minimum Gasteiger partial charge on any atom is -0.493 e. The number of hydrogen-bond donors (Lipinski definition) is 1. The normalized spacial score (nSPS) is 20.2. The molecule has 2 saturated heterocycles. The van der Waals surface area contributed by atoms with Crippen molar-refractivity contribution < 1.29 is 17.6 Å². The van der Waals surface area contributed by atoms with Crippen LogP contribution in [0.15, 0.2) is 63.9 Å². The molecule has 0 bridgehead atoms. The van der Waals surface area contributed by atoms with Crippen LogP contribution in [0.1, 0.15) is 44.4 Å². The number of nitrogens with one attached hydrogen (secondary N) is 1. The summed E-state index contributed by atoms with van der Waals surface area (Å²) in [6.45, 7) is 5.33. The van der Waals surface area contributed by atoms with E-state index in [0.717, 1.165) is 47.1 Å². The highest BCUT2D eigenvalue weighted by molar-refractivity contribution is 7.89. The van der Waals surface area contributed by atoms with Crippen molar-refractivity contribution in [2.24, 2.45) is 0 Å². The van der Waals surface area contributed by atoms with Crippen molar-refractivity contribution in [3.05, 3.63) is 60.4 Å². The molecule has 2 aliphatic rings. The van der Waals surface area contributed by atoms with E-state index in [-0.39, 0.29) is 6.04 Å². The van der Waals surface area contributed by atoms with Gasteiger partial charge in [-0.15, -0.1) is 0 Å². The molecule has 2 aliphatic heterocycles. The van der Waals surface area contributed by atoms with Crippen molar-refractivity contribution in [3.8, 4) is 5.75 Å². The van der Waals surface area contributed by atoms with E-state index in [9.17, 15) is 8.42 Å². The molecule has 4 aromatic rings. The second-order valence-electron chi connectivity index (χ2n) is 10.3. The fourth-order valence-corrected chi connectivity index (χ4v) is 7.26. The number of benzene rings is 2. The molecule has 0 spiro atoms. The van der Waals surface area contributed by atoms with Gasteiger partial charge in [0, 0.05) is 29.9 Å². The SMILES string of the molecule is COc1cccc2cc(C(C)Nc3ccc4cc(S(=O)(=O)N5CCC(N6CCCCC6)C5)ccc4n3)oc12. The van der Waals surface area contributed by atoms with E-state index in [2.05, 4.69) is 10.2 Å². The summed E-state index contributed by atoms with van der Waals surface area (Å²) in [5.74, 6) is 2.17. The summed E-state index contributed by atoms with van der Waals surface area (Å²) in [4.78, 5) is 7.53. The lowest BCUT2D eigenvalue weighted by Crippen LogP contribution is -2.41. The summed E-state index contributed by atoms with van der Waals surface area (Å²) in [6, 6.07) is 17.0. The Morgan fingerprint density at radius 2 is 1.87 bits per heavy atom. The zero-order chi connectivity index (χ0) is 26.3. The molecule has 2 fully saturated rings. The summed E-state index contributed by atoms with van der Waals surface area (Å²) >= 11 is 0. The maximum Gasteiger partial charge on any atom is 0.243 e. The minimum absolute atomic E-state index is 0.125. The van der Waals surface area contributed by atoms with Gasteiger partial charge in [0.1, 0.15) is 11.6 Å². The molecule has 1 N–H and O–H groups in total. The molecule has 0 amide bonds. The van der Waals surface area contributed by atoms with Crippen LogP contribution in [0.25, 0.3) is 21.9 Å². The van der Waals surface area contributed by atoms with Crippen LogP contribution in [0.4, 0.5) is 5.82 Å². The Morgan fingerprint density at radius 1 is 1.03 bits per heavy atom. The van der Waals surface area contributed by atoms with E-state index < -0.39 is 10.0 Å². The fraction of sp³-hybridized carbons (Fsp3) is 0.414. The number of aromatic nitrogens is 1. The van der Waals surface area contributed by atoms with Crippen molar-refractivity contribution in [1.29, 1.82) is 0 Å². The smallest absolute Gasteiger partial charge is 0.243 e. The van der Waals surface area contributed by atoms with E-state index in [1.54, 1.807) is 29.6 Å². The highest BCUT2D eigenvalue weighted by Gasteiger charge is 2.35. The molecule has 2 unspecified atom stereocenters. The lowest BCUT2D eigenvalue weighted by Gasteiger charge is -2.32. The number of para-hydroxylation sites is 1. The number of ether oxygens (including phenoxy) is 1. The lowest BCUT2D eigenvalue weighted by atomic mass is 10.1. The average molecular weight is 535 g/mol. The molecule has 2 aromatic carbocycles. The van der Waals surface area contributed by atoms with Crippen molar-refractivity contribution >= 4 is 37.7 Å². The minimum atomic E-state index is -3.54.